The molecule has 1 fully saturated rings. The first kappa shape index (κ1) is 21.1. The van der Waals surface area contributed by atoms with E-state index in [9.17, 15) is 9.59 Å². The smallest absolute Gasteiger partial charge is 0.251 e. The number of aryl methyl sites for hydroxylation is 2. The Labute approximate surface area is 175 Å². The number of nitrogens with one attached hydrogen (secondary N) is 1. The molecule has 3 rings (SSSR count). The van der Waals surface area contributed by atoms with Crippen molar-refractivity contribution in [2.75, 3.05) is 36.5 Å². The number of primary amides is 1. The molecule has 2 aromatic rings. The first-order valence-electron chi connectivity index (χ1n) is 9.53. The zero-order valence-corrected chi connectivity index (χ0v) is 17.7. The fourth-order valence-corrected chi connectivity index (χ4v) is 4.31. The molecule has 154 valence electrons. The average Bonchev–Trinajstić information content (AvgIpc) is 2.68. The van der Waals surface area contributed by atoms with Gasteiger partial charge in [-0.2, -0.15) is 0 Å². The minimum Gasteiger partial charge on any atom is -0.378 e. The Balaban J connectivity index is 1.66. The van der Waals surface area contributed by atoms with Crippen molar-refractivity contribution < 1.29 is 14.3 Å². The number of anilines is 2. The number of nitrogens with two attached hydrogens (primary N) is 1. The molecule has 2 amide bonds. The third-order valence-corrected chi connectivity index (χ3v) is 5.81. The lowest BCUT2D eigenvalue weighted by Crippen LogP contribution is -2.36. The van der Waals surface area contributed by atoms with Gasteiger partial charge in [0.05, 0.1) is 24.0 Å². The molecule has 2 heterocycles. The quantitative estimate of drug-likeness (QED) is 0.706. The van der Waals surface area contributed by atoms with Crippen LogP contribution in [0.3, 0.4) is 0 Å². The number of amides is 2. The number of hydrogen-bond acceptors (Lipinski definition) is 6. The molecular weight excluding hydrogens is 388 g/mol. The fourth-order valence-electron chi connectivity index (χ4n) is 3.23. The number of benzene rings is 1. The number of carbonyl (C=O) groups is 2. The topological polar surface area (TPSA) is 97.5 Å². The molecular formula is C21H26N4O3S. The summed E-state index contributed by atoms with van der Waals surface area (Å²) < 4.78 is 5.38. The van der Waals surface area contributed by atoms with E-state index in [0.717, 1.165) is 48.9 Å². The minimum absolute atomic E-state index is 0.162. The Morgan fingerprint density at radius 2 is 1.86 bits per heavy atom. The van der Waals surface area contributed by atoms with E-state index in [0.29, 0.717) is 10.6 Å². The summed E-state index contributed by atoms with van der Waals surface area (Å²) in [4.78, 5) is 31.1. The number of aromatic nitrogens is 1. The van der Waals surface area contributed by atoms with Crippen LogP contribution in [0.2, 0.25) is 0 Å². The molecule has 0 bridgehead atoms. The molecule has 7 nitrogen and oxygen atoms in total. The van der Waals surface area contributed by atoms with E-state index in [1.807, 2.05) is 44.2 Å². The molecule has 0 radical (unpaired) electrons. The van der Waals surface area contributed by atoms with Gasteiger partial charge >= 0.3 is 0 Å². The van der Waals surface area contributed by atoms with Gasteiger partial charge in [0.25, 0.3) is 5.91 Å². The first-order chi connectivity index (χ1) is 13.8. The van der Waals surface area contributed by atoms with E-state index in [4.69, 9.17) is 10.5 Å². The third kappa shape index (κ3) is 5.27. The molecule has 29 heavy (non-hydrogen) atoms. The molecule has 1 aromatic carbocycles. The Bertz CT molecular complexity index is 896. The summed E-state index contributed by atoms with van der Waals surface area (Å²) in [5.41, 5.74) is 9.26. The summed E-state index contributed by atoms with van der Waals surface area (Å²) in [6.07, 6.45) is 0. The molecule has 0 unspecified atom stereocenters. The van der Waals surface area contributed by atoms with E-state index in [1.54, 1.807) is 6.92 Å². The molecule has 1 aliphatic rings. The van der Waals surface area contributed by atoms with Crippen LogP contribution in [0.15, 0.2) is 35.4 Å². The van der Waals surface area contributed by atoms with E-state index in [1.165, 1.54) is 11.8 Å². The molecule has 1 aliphatic heterocycles. The third-order valence-electron chi connectivity index (χ3n) is 4.73. The minimum atomic E-state index is -0.538. The van der Waals surface area contributed by atoms with Crippen LogP contribution in [0.1, 0.15) is 28.5 Å². The van der Waals surface area contributed by atoms with Crippen LogP contribution in [-0.2, 0) is 9.53 Å². The molecule has 0 saturated carbocycles. The highest BCUT2D eigenvalue weighted by Gasteiger charge is 2.21. The Morgan fingerprint density at radius 1 is 1.21 bits per heavy atom. The van der Waals surface area contributed by atoms with Crippen molar-refractivity contribution in [2.24, 2.45) is 5.73 Å². The highest BCUT2D eigenvalue weighted by Crippen LogP contribution is 2.28. The van der Waals surface area contributed by atoms with Crippen LogP contribution in [0, 0.1) is 13.8 Å². The summed E-state index contributed by atoms with van der Waals surface area (Å²) in [6, 6.07) is 9.59. The monoisotopic (exact) mass is 414 g/mol. The number of ether oxygens (including phenoxy) is 1. The lowest BCUT2D eigenvalue weighted by atomic mass is 10.1. The molecule has 8 heteroatoms. The second kappa shape index (κ2) is 9.28. The number of nitrogens with zero attached hydrogens (tertiary/aromatic N) is 2. The summed E-state index contributed by atoms with van der Waals surface area (Å²) in [5.74, 6) is -0.700. The van der Waals surface area contributed by atoms with Gasteiger partial charge in [-0.05, 0) is 56.7 Å². The standard InChI is InChI=1S/C21H26N4O3S/c1-13-12-14(2)23-21(18(13)19(22)26)29-15(3)20(27)24-16-4-6-17(7-5-16)25-8-10-28-11-9-25/h4-7,12,15H,8-11H2,1-3H3,(H2,22,26)(H,24,27)/t15-/m1/s1. The summed E-state index contributed by atoms with van der Waals surface area (Å²) in [5, 5.41) is 2.97. The van der Waals surface area contributed by atoms with E-state index in [-0.39, 0.29) is 5.91 Å². The number of morpholine rings is 1. The van der Waals surface area contributed by atoms with Gasteiger partial charge < -0.3 is 20.7 Å². The van der Waals surface area contributed by atoms with Crippen molar-refractivity contribution in [3.63, 3.8) is 0 Å². The van der Waals surface area contributed by atoms with Crippen molar-refractivity contribution in [1.29, 1.82) is 0 Å². The SMILES string of the molecule is Cc1cc(C)c(C(N)=O)c(S[C@H](C)C(=O)Nc2ccc(N3CCOCC3)cc2)n1. The first-order valence-corrected chi connectivity index (χ1v) is 10.4. The van der Waals surface area contributed by atoms with Crippen LogP contribution in [-0.4, -0.2) is 48.4 Å². The van der Waals surface area contributed by atoms with Gasteiger partial charge in [-0.1, -0.05) is 11.8 Å². The highest BCUT2D eigenvalue weighted by molar-refractivity contribution is 8.00. The number of carbonyl (C=O) groups excluding carboxylic acids is 2. The number of rotatable bonds is 6. The number of thioether (sulfide) groups is 1. The lowest BCUT2D eigenvalue weighted by Gasteiger charge is -2.28. The molecule has 3 N–H and O–H groups in total. The van der Waals surface area contributed by atoms with E-state index >= 15 is 0 Å². The van der Waals surface area contributed by atoms with Gasteiger partial charge in [0.1, 0.15) is 5.03 Å². The van der Waals surface area contributed by atoms with Crippen LogP contribution in [0.5, 0.6) is 0 Å². The van der Waals surface area contributed by atoms with Gasteiger partial charge in [-0.3, -0.25) is 9.59 Å². The second-order valence-corrected chi connectivity index (χ2v) is 8.35. The van der Waals surface area contributed by atoms with Crippen molar-refractivity contribution in [3.8, 4) is 0 Å². The highest BCUT2D eigenvalue weighted by atomic mass is 32.2. The van der Waals surface area contributed by atoms with Gasteiger partial charge in [0, 0.05) is 30.2 Å². The van der Waals surface area contributed by atoms with Gasteiger partial charge in [0.2, 0.25) is 5.91 Å². The zero-order chi connectivity index (χ0) is 21.0. The maximum atomic E-state index is 12.7. The fraction of sp³-hybridized carbons (Fsp3) is 0.381. The number of pyridine rings is 1. The Morgan fingerprint density at radius 3 is 2.48 bits per heavy atom. The second-order valence-electron chi connectivity index (χ2n) is 7.02. The predicted molar refractivity (Wildman–Crippen MR) is 116 cm³/mol. The van der Waals surface area contributed by atoms with Gasteiger partial charge in [-0.15, -0.1) is 0 Å². The average molecular weight is 415 g/mol. The summed E-state index contributed by atoms with van der Waals surface area (Å²) >= 11 is 1.23. The molecule has 1 atom stereocenters. The van der Waals surface area contributed by atoms with Crippen molar-refractivity contribution in [1.82, 2.24) is 4.98 Å². The molecule has 1 aromatic heterocycles. The normalized spacial score (nSPS) is 15.1. The summed E-state index contributed by atoms with van der Waals surface area (Å²) in [7, 11) is 0. The van der Waals surface area contributed by atoms with Gasteiger partial charge in [0.15, 0.2) is 0 Å². The molecule has 1 saturated heterocycles. The van der Waals surface area contributed by atoms with Crippen molar-refractivity contribution in [3.05, 3.63) is 47.2 Å². The van der Waals surface area contributed by atoms with E-state index < -0.39 is 11.2 Å². The van der Waals surface area contributed by atoms with Crippen LogP contribution in [0.25, 0.3) is 0 Å². The maximum Gasteiger partial charge on any atom is 0.251 e. The number of hydrogen-bond donors (Lipinski definition) is 2. The zero-order valence-electron chi connectivity index (χ0n) is 16.9. The Hall–Kier alpha value is -2.58. The van der Waals surface area contributed by atoms with Crippen molar-refractivity contribution in [2.45, 2.75) is 31.0 Å². The van der Waals surface area contributed by atoms with Gasteiger partial charge in [-0.25, -0.2) is 4.98 Å². The summed E-state index contributed by atoms with van der Waals surface area (Å²) in [6.45, 7) is 8.64. The largest absolute Gasteiger partial charge is 0.378 e. The maximum absolute atomic E-state index is 12.7. The Kier molecular flexibility index (Phi) is 6.76. The molecule has 0 spiro atoms. The molecule has 0 aliphatic carbocycles. The van der Waals surface area contributed by atoms with Crippen LogP contribution >= 0.6 is 11.8 Å². The predicted octanol–water partition coefficient (Wildman–Crippen LogP) is 2.75. The van der Waals surface area contributed by atoms with E-state index in [2.05, 4.69) is 15.2 Å². The lowest BCUT2D eigenvalue weighted by molar-refractivity contribution is -0.115. The van der Waals surface area contributed by atoms with Crippen LogP contribution < -0.4 is 16.0 Å². The van der Waals surface area contributed by atoms with Crippen molar-refractivity contribution >= 4 is 35.0 Å². The van der Waals surface area contributed by atoms with Crippen LogP contribution in [0.4, 0.5) is 11.4 Å².